The van der Waals surface area contributed by atoms with Crippen LogP contribution in [-0.2, 0) is 11.3 Å². The highest BCUT2D eigenvalue weighted by atomic mass is 16.5. The van der Waals surface area contributed by atoms with Crippen molar-refractivity contribution in [3.05, 3.63) is 54.1 Å². The predicted octanol–water partition coefficient (Wildman–Crippen LogP) is 2.13. The average molecular weight is 286 g/mol. The minimum absolute atomic E-state index is 0.143. The second-order valence-electron chi connectivity index (χ2n) is 4.51. The maximum atomic E-state index is 11.8. The summed E-state index contributed by atoms with van der Waals surface area (Å²) in [6, 6.07) is 14.1. The van der Waals surface area contributed by atoms with Gasteiger partial charge in [0.2, 0.25) is 5.91 Å². The van der Waals surface area contributed by atoms with Crippen LogP contribution in [0.4, 0.5) is 5.69 Å². The third kappa shape index (κ3) is 4.50. The van der Waals surface area contributed by atoms with E-state index >= 15 is 0 Å². The van der Waals surface area contributed by atoms with Crippen LogP contribution in [0.15, 0.2) is 48.5 Å². The van der Waals surface area contributed by atoms with Gasteiger partial charge in [0.05, 0.1) is 13.7 Å². The number of rotatable bonds is 6. The Labute approximate surface area is 123 Å². The number of carbonyl (C=O) groups is 1. The Morgan fingerprint density at radius 2 is 1.86 bits per heavy atom. The highest BCUT2D eigenvalue weighted by Gasteiger charge is 2.04. The number of nitrogens with one attached hydrogen (secondary N) is 2. The zero-order chi connectivity index (χ0) is 15.1. The van der Waals surface area contributed by atoms with Crippen molar-refractivity contribution >= 4 is 11.6 Å². The molecule has 0 bridgehead atoms. The molecule has 0 spiro atoms. The van der Waals surface area contributed by atoms with Crippen molar-refractivity contribution in [2.24, 2.45) is 0 Å². The molecule has 0 fully saturated rings. The molecule has 0 radical (unpaired) electrons. The van der Waals surface area contributed by atoms with Crippen LogP contribution in [0.3, 0.4) is 0 Å². The molecule has 2 aromatic rings. The van der Waals surface area contributed by atoms with E-state index in [-0.39, 0.29) is 18.2 Å². The van der Waals surface area contributed by atoms with E-state index in [1.165, 1.54) is 0 Å². The number of ether oxygens (including phenoxy) is 1. The van der Waals surface area contributed by atoms with Gasteiger partial charge in [-0.05, 0) is 30.3 Å². The summed E-state index contributed by atoms with van der Waals surface area (Å²) in [5.41, 5.74) is 1.47. The molecule has 2 aromatic carbocycles. The van der Waals surface area contributed by atoms with Gasteiger partial charge < -0.3 is 20.5 Å². The Morgan fingerprint density at radius 1 is 1.14 bits per heavy atom. The summed E-state index contributed by atoms with van der Waals surface area (Å²) in [5, 5.41) is 15.4. The van der Waals surface area contributed by atoms with E-state index in [1.807, 2.05) is 12.1 Å². The van der Waals surface area contributed by atoms with Crippen molar-refractivity contribution in [3.63, 3.8) is 0 Å². The van der Waals surface area contributed by atoms with Crippen molar-refractivity contribution in [1.82, 2.24) is 5.32 Å². The van der Waals surface area contributed by atoms with E-state index < -0.39 is 0 Å². The van der Waals surface area contributed by atoms with Crippen LogP contribution in [-0.4, -0.2) is 24.7 Å². The van der Waals surface area contributed by atoms with Crippen molar-refractivity contribution in [1.29, 1.82) is 0 Å². The van der Waals surface area contributed by atoms with E-state index in [0.29, 0.717) is 12.2 Å². The van der Waals surface area contributed by atoms with Crippen LogP contribution in [0, 0.1) is 0 Å². The Morgan fingerprint density at radius 3 is 2.52 bits per heavy atom. The standard InChI is InChI=1S/C16H18N2O3/c1-21-14-8-6-13(7-9-14)18-16(20)11-17-10-12-4-2-3-5-15(12)19/h2-9,17,19H,10-11H2,1H3,(H,18,20). The minimum atomic E-state index is -0.143. The summed E-state index contributed by atoms with van der Waals surface area (Å²) in [4.78, 5) is 11.8. The Kier molecular flexibility index (Phi) is 5.17. The molecule has 0 aromatic heterocycles. The van der Waals surface area contributed by atoms with E-state index in [9.17, 15) is 9.90 Å². The number of para-hydroxylation sites is 1. The SMILES string of the molecule is COc1ccc(NC(=O)CNCc2ccccc2O)cc1. The first kappa shape index (κ1) is 14.9. The number of hydrogen-bond acceptors (Lipinski definition) is 4. The summed E-state index contributed by atoms with van der Waals surface area (Å²) >= 11 is 0. The Bertz CT molecular complexity index is 597. The molecule has 0 unspecified atom stereocenters. The van der Waals surface area contributed by atoms with Crippen molar-refractivity contribution in [2.45, 2.75) is 6.54 Å². The van der Waals surface area contributed by atoms with Crippen molar-refractivity contribution in [3.8, 4) is 11.5 Å². The zero-order valence-corrected chi connectivity index (χ0v) is 11.8. The maximum Gasteiger partial charge on any atom is 0.238 e. The number of benzene rings is 2. The summed E-state index contributed by atoms with van der Waals surface area (Å²) < 4.78 is 5.05. The molecule has 2 rings (SSSR count). The Balaban J connectivity index is 1.78. The first-order chi connectivity index (χ1) is 10.2. The van der Waals surface area contributed by atoms with Gasteiger partial charge in [0.25, 0.3) is 0 Å². The molecule has 3 N–H and O–H groups in total. The molecule has 0 aliphatic heterocycles. The quantitative estimate of drug-likeness (QED) is 0.761. The van der Waals surface area contributed by atoms with Crippen molar-refractivity contribution < 1.29 is 14.6 Å². The van der Waals surface area contributed by atoms with Gasteiger partial charge in [-0.1, -0.05) is 18.2 Å². The number of amides is 1. The lowest BCUT2D eigenvalue weighted by Crippen LogP contribution is -2.27. The second kappa shape index (κ2) is 7.31. The number of phenolic OH excluding ortho intramolecular Hbond substituents is 1. The molecule has 5 nitrogen and oxygen atoms in total. The maximum absolute atomic E-state index is 11.8. The van der Waals surface area contributed by atoms with Gasteiger partial charge in [-0.2, -0.15) is 0 Å². The molecule has 0 saturated carbocycles. The summed E-state index contributed by atoms with van der Waals surface area (Å²) in [6.45, 7) is 0.600. The van der Waals surface area contributed by atoms with Crippen LogP contribution < -0.4 is 15.4 Å². The van der Waals surface area contributed by atoms with Crippen LogP contribution >= 0.6 is 0 Å². The summed E-state index contributed by atoms with van der Waals surface area (Å²) in [5.74, 6) is 0.821. The van der Waals surface area contributed by atoms with Gasteiger partial charge in [-0.15, -0.1) is 0 Å². The molecule has 0 heterocycles. The molecule has 0 saturated heterocycles. The number of phenols is 1. The molecular formula is C16H18N2O3. The van der Waals surface area contributed by atoms with Gasteiger partial charge >= 0.3 is 0 Å². The normalized spacial score (nSPS) is 10.1. The van der Waals surface area contributed by atoms with Crippen LogP contribution in [0.1, 0.15) is 5.56 Å². The number of hydrogen-bond donors (Lipinski definition) is 3. The van der Waals surface area contributed by atoms with E-state index in [2.05, 4.69) is 10.6 Å². The second-order valence-corrected chi connectivity index (χ2v) is 4.51. The fourth-order valence-electron chi connectivity index (χ4n) is 1.85. The minimum Gasteiger partial charge on any atom is -0.508 e. The monoisotopic (exact) mass is 286 g/mol. The average Bonchev–Trinajstić information content (AvgIpc) is 2.50. The summed E-state index contributed by atoms with van der Waals surface area (Å²) in [6.07, 6.45) is 0. The molecule has 0 aliphatic carbocycles. The first-order valence-electron chi connectivity index (χ1n) is 6.60. The van der Waals surface area contributed by atoms with Gasteiger partial charge in [0.1, 0.15) is 11.5 Å². The topological polar surface area (TPSA) is 70.6 Å². The molecule has 0 aliphatic rings. The number of anilines is 1. The lowest BCUT2D eigenvalue weighted by Gasteiger charge is -2.08. The van der Waals surface area contributed by atoms with Crippen molar-refractivity contribution in [2.75, 3.05) is 19.0 Å². The molecule has 1 amide bonds. The molecule has 110 valence electrons. The lowest BCUT2D eigenvalue weighted by atomic mass is 10.2. The van der Waals surface area contributed by atoms with E-state index in [0.717, 1.165) is 11.3 Å². The highest BCUT2D eigenvalue weighted by molar-refractivity contribution is 5.92. The van der Waals surface area contributed by atoms with Crippen LogP contribution in [0.5, 0.6) is 11.5 Å². The first-order valence-corrected chi connectivity index (χ1v) is 6.60. The number of methoxy groups -OCH3 is 1. The largest absolute Gasteiger partial charge is 0.508 e. The van der Waals surface area contributed by atoms with Crippen LogP contribution in [0.2, 0.25) is 0 Å². The lowest BCUT2D eigenvalue weighted by molar-refractivity contribution is -0.115. The number of carbonyl (C=O) groups excluding carboxylic acids is 1. The van der Waals surface area contributed by atoms with Gasteiger partial charge in [-0.3, -0.25) is 4.79 Å². The fourth-order valence-corrected chi connectivity index (χ4v) is 1.85. The van der Waals surface area contributed by atoms with Crippen LogP contribution in [0.25, 0.3) is 0 Å². The highest BCUT2D eigenvalue weighted by Crippen LogP contribution is 2.15. The van der Waals surface area contributed by atoms with E-state index in [4.69, 9.17) is 4.74 Å². The third-order valence-corrected chi connectivity index (χ3v) is 2.97. The fraction of sp³-hybridized carbons (Fsp3) is 0.188. The summed E-state index contributed by atoms with van der Waals surface area (Å²) in [7, 11) is 1.59. The van der Waals surface area contributed by atoms with Gasteiger partial charge in [0, 0.05) is 17.8 Å². The van der Waals surface area contributed by atoms with E-state index in [1.54, 1.807) is 43.5 Å². The van der Waals surface area contributed by atoms with Gasteiger partial charge in [0.15, 0.2) is 0 Å². The third-order valence-electron chi connectivity index (χ3n) is 2.97. The predicted molar refractivity (Wildman–Crippen MR) is 81.4 cm³/mol. The smallest absolute Gasteiger partial charge is 0.238 e. The molecule has 5 heteroatoms. The van der Waals surface area contributed by atoms with Gasteiger partial charge in [-0.25, -0.2) is 0 Å². The zero-order valence-electron chi connectivity index (χ0n) is 11.8. The Hall–Kier alpha value is -2.53. The molecule has 0 atom stereocenters. The number of aromatic hydroxyl groups is 1. The molecular weight excluding hydrogens is 268 g/mol. The molecule has 21 heavy (non-hydrogen) atoms.